The Balaban J connectivity index is 2.31. The van der Waals surface area contributed by atoms with E-state index in [1.54, 1.807) is 18.2 Å². The lowest BCUT2D eigenvalue weighted by molar-refractivity contribution is 0.102. The standard InChI is InChI=1S/C16H12N4O/c1-10-3-2-4-14(15(10)19)16(21)20-13-6-5-11(8-17)12(7-13)9-18/h2-7H,19H2,1H3,(H,20,21). The Kier molecular flexibility index (Phi) is 3.87. The number of nitrogens with two attached hydrogens (primary N) is 1. The van der Waals surface area contributed by atoms with Gasteiger partial charge in [-0.3, -0.25) is 4.79 Å². The summed E-state index contributed by atoms with van der Waals surface area (Å²) in [5.74, 6) is -0.357. The number of benzene rings is 2. The number of para-hydroxylation sites is 1. The number of carbonyl (C=O) groups is 1. The smallest absolute Gasteiger partial charge is 0.257 e. The van der Waals surface area contributed by atoms with Gasteiger partial charge in [0.15, 0.2) is 0 Å². The third-order valence-electron chi connectivity index (χ3n) is 3.09. The van der Waals surface area contributed by atoms with Crippen LogP contribution in [-0.4, -0.2) is 5.91 Å². The summed E-state index contributed by atoms with van der Waals surface area (Å²) in [6.07, 6.45) is 0. The van der Waals surface area contributed by atoms with Crippen molar-refractivity contribution in [2.24, 2.45) is 0 Å². The molecule has 0 bridgehead atoms. The number of nitriles is 2. The van der Waals surface area contributed by atoms with Crippen molar-refractivity contribution in [3.63, 3.8) is 0 Å². The molecular formula is C16H12N4O. The molecule has 2 aromatic carbocycles. The second-order valence-electron chi connectivity index (χ2n) is 4.47. The molecule has 0 saturated carbocycles. The molecule has 5 nitrogen and oxygen atoms in total. The van der Waals surface area contributed by atoms with Gasteiger partial charge in [-0.15, -0.1) is 0 Å². The first-order valence-electron chi connectivity index (χ1n) is 6.17. The van der Waals surface area contributed by atoms with Crippen LogP contribution in [0, 0.1) is 29.6 Å². The molecule has 2 rings (SSSR count). The van der Waals surface area contributed by atoms with E-state index in [0.717, 1.165) is 5.56 Å². The van der Waals surface area contributed by atoms with Gasteiger partial charge in [-0.1, -0.05) is 12.1 Å². The van der Waals surface area contributed by atoms with Crippen molar-refractivity contribution in [2.45, 2.75) is 6.92 Å². The van der Waals surface area contributed by atoms with E-state index in [-0.39, 0.29) is 17.0 Å². The first kappa shape index (κ1) is 14.1. The molecule has 0 aliphatic carbocycles. The van der Waals surface area contributed by atoms with Crippen molar-refractivity contribution < 1.29 is 4.79 Å². The van der Waals surface area contributed by atoms with Crippen LogP contribution in [0.15, 0.2) is 36.4 Å². The molecule has 0 fully saturated rings. The van der Waals surface area contributed by atoms with Crippen LogP contribution in [0.2, 0.25) is 0 Å². The number of rotatable bonds is 2. The van der Waals surface area contributed by atoms with Crippen LogP contribution in [0.1, 0.15) is 27.0 Å². The predicted octanol–water partition coefficient (Wildman–Crippen LogP) is 2.57. The molecule has 0 aliphatic heterocycles. The highest BCUT2D eigenvalue weighted by atomic mass is 16.1. The topological polar surface area (TPSA) is 103 Å². The molecule has 0 atom stereocenters. The van der Waals surface area contributed by atoms with E-state index < -0.39 is 0 Å². The van der Waals surface area contributed by atoms with Crippen LogP contribution in [-0.2, 0) is 0 Å². The largest absolute Gasteiger partial charge is 0.398 e. The number of nitrogens with one attached hydrogen (secondary N) is 1. The summed E-state index contributed by atoms with van der Waals surface area (Å²) < 4.78 is 0. The van der Waals surface area contributed by atoms with Gasteiger partial charge >= 0.3 is 0 Å². The Labute approximate surface area is 122 Å². The fourth-order valence-corrected chi connectivity index (χ4v) is 1.89. The highest BCUT2D eigenvalue weighted by molar-refractivity contribution is 6.08. The van der Waals surface area contributed by atoms with Crippen LogP contribution in [0.4, 0.5) is 11.4 Å². The Morgan fingerprint density at radius 2 is 1.86 bits per heavy atom. The second kappa shape index (κ2) is 5.77. The number of aryl methyl sites for hydroxylation is 1. The highest BCUT2D eigenvalue weighted by Crippen LogP contribution is 2.19. The highest BCUT2D eigenvalue weighted by Gasteiger charge is 2.12. The normalized spacial score (nSPS) is 9.48. The molecule has 0 radical (unpaired) electrons. The number of anilines is 2. The van der Waals surface area contributed by atoms with Crippen molar-refractivity contribution in [2.75, 3.05) is 11.1 Å². The summed E-state index contributed by atoms with van der Waals surface area (Å²) in [5, 5.41) is 20.5. The molecule has 21 heavy (non-hydrogen) atoms. The van der Waals surface area contributed by atoms with Gasteiger partial charge in [-0.25, -0.2) is 0 Å². The zero-order chi connectivity index (χ0) is 15.4. The summed E-state index contributed by atoms with van der Waals surface area (Å²) in [6.45, 7) is 1.82. The van der Waals surface area contributed by atoms with Crippen LogP contribution in [0.3, 0.4) is 0 Å². The molecule has 0 spiro atoms. The maximum absolute atomic E-state index is 12.2. The summed E-state index contributed by atoms with van der Waals surface area (Å²) in [5.41, 5.74) is 8.42. The number of amides is 1. The molecule has 1 amide bonds. The molecule has 2 aromatic rings. The van der Waals surface area contributed by atoms with Gasteiger partial charge in [-0.05, 0) is 36.8 Å². The van der Waals surface area contributed by atoms with Crippen LogP contribution >= 0.6 is 0 Å². The third-order valence-corrected chi connectivity index (χ3v) is 3.09. The fourth-order valence-electron chi connectivity index (χ4n) is 1.89. The molecule has 0 aliphatic rings. The van der Waals surface area contributed by atoms with Gasteiger partial charge in [0.05, 0.1) is 16.7 Å². The third kappa shape index (κ3) is 2.83. The minimum atomic E-state index is -0.357. The van der Waals surface area contributed by atoms with Gasteiger partial charge in [0.25, 0.3) is 5.91 Å². The quantitative estimate of drug-likeness (QED) is 0.823. The Hall–Kier alpha value is -3.31. The lowest BCUT2D eigenvalue weighted by atomic mass is 10.1. The van der Waals surface area contributed by atoms with E-state index in [9.17, 15) is 4.79 Å². The molecule has 3 N–H and O–H groups in total. The minimum Gasteiger partial charge on any atom is -0.398 e. The minimum absolute atomic E-state index is 0.215. The first-order chi connectivity index (χ1) is 10.1. The van der Waals surface area contributed by atoms with Crippen molar-refractivity contribution in [3.8, 4) is 12.1 Å². The first-order valence-corrected chi connectivity index (χ1v) is 6.17. The summed E-state index contributed by atoms with van der Waals surface area (Å²) in [7, 11) is 0. The van der Waals surface area contributed by atoms with Crippen LogP contribution < -0.4 is 11.1 Å². The average Bonchev–Trinajstić information content (AvgIpc) is 2.49. The maximum Gasteiger partial charge on any atom is 0.257 e. The number of nitrogen functional groups attached to an aromatic ring is 1. The zero-order valence-electron chi connectivity index (χ0n) is 11.3. The monoisotopic (exact) mass is 276 g/mol. The number of nitrogens with zero attached hydrogens (tertiary/aromatic N) is 2. The van der Waals surface area contributed by atoms with E-state index in [2.05, 4.69) is 5.32 Å². The van der Waals surface area contributed by atoms with Crippen molar-refractivity contribution in [1.82, 2.24) is 0 Å². The van der Waals surface area contributed by atoms with Crippen LogP contribution in [0.25, 0.3) is 0 Å². The van der Waals surface area contributed by atoms with Crippen molar-refractivity contribution in [3.05, 3.63) is 58.7 Å². The van der Waals surface area contributed by atoms with E-state index in [4.69, 9.17) is 16.3 Å². The van der Waals surface area contributed by atoms with Crippen LogP contribution in [0.5, 0.6) is 0 Å². The molecule has 0 heterocycles. The Morgan fingerprint density at radius 3 is 2.52 bits per heavy atom. The Bertz CT molecular complexity index is 797. The molecule has 5 heteroatoms. The predicted molar refractivity (Wildman–Crippen MR) is 79.4 cm³/mol. The second-order valence-corrected chi connectivity index (χ2v) is 4.47. The summed E-state index contributed by atoms with van der Waals surface area (Å²) >= 11 is 0. The molecule has 0 saturated heterocycles. The van der Waals surface area contributed by atoms with Gasteiger partial charge in [0.1, 0.15) is 12.1 Å². The fraction of sp³-hybridized carbons (Fsp3) is 0.0625. The SMILES string of the molecule is Cc1cccc(C(=O)Nc2ccc(C#N)c(C#N)c2)c1N. The van der Waals surface area contributed by atoms with Gasteiger partial charge in [0, 0.05) is 11.4 Å². The lowest BCUT2D eigenvalue weighted by Crippen LogP contribution is -2.14. The average molecular weight is 276 g/mol. The number of hydrogen-bond donors (Lipinski definition) is 2. The van der Waals surface area contributed by atoms with Crippen molar-refractivity contribution >= 4 is 17.3 Å². The van der Waals surface area contributed by atoms with E-state index >= 15 is 0 Å². The summed E-state index contributed by atoms with van der Waals surface area (Å²) in [4.78, 5) is 12.2. The molecular weight excluding hydrogens is 264 g/mol. The zero-order valence-corrected chi connectivity index (χ0v) is 11.3. The van der Waals surface area contributed by atoms with Gasteiger partial charge in [-0.2, -0.15) is 10.5 Å². The maximum atomic E-state index is 12.2. The van der Waals surface area contributed by atoms with E-state index in [1.165, 1.54) is 12.1 Å². The van der Waals surface area contributed by atoms with Gasteiger partial charge < -0.3 is 11.1 Å². The number of hydrogen-bond acceptors (Lipinski definition) is 4. The van der Waals surface area contributed by atoms with Gasteiger partial charge in [0.2, 0.25) is 0 Å². The van der Waals surface area contributed by atoms with Crippen molar-refractivity contribution in [1.29, 1.82) is 10.5 Å². The number of carbonyl (C=O) groups excluding carboxylic acids is 1. The molecule has 0 unspecified atom stereocenters. The molecule has 102 valence electrons. The molecule has 0 aromatic heterocycles. The van der Waals surface area contributed by atoms with E-state index in [0.29, 0.717) is 16.9 Å². The summed E-state index contributed by atoms with van der Waals surface area (Å²) in [6, 6.07) is 13.6. The Morgan fingerprint density at radius 1 is 1.14 bits per heavy atom. The van der Waals surface area contributed by atoms with E-state index in [1.807, 2.05) is 25.1 Å². The lowest BCUT2D eigenvalue weighted by Gasteiger charge is -2.09.